The van der Waals surface area contributed by atoms with Crippen LogP contribution in [0.4, 0.5) is 0 Å². The fraction of sp³-hybridized carbons (Fsp3) is 0.429. The summed E-state index contributed by atoms with van der Waals surface area (Å²) in [5.41, 5.74) is 3.44. The molecule has 0 aliphatic carbocycles. The van der Waals surface area contributed by atoms with E-state index in [-0.39, 0.29) is 29.0 Å². The minimum Gasteiger partial charge on any atom is -0.468 e. The molecule has 12 heteroatoms. The predicted molar refractivity (Wildman–Crippen MR) is 158 cm³/mol. The number of carbonyl (C=O) groups is 1. The van der Waals surface area contributed by atoms with Gasteiger partial charge in [0.05, 0.1) is 37.9 Å². The van der Waals surface area contributed by atoms with Crippen LogP contribution in [-0.2, 0) is 22.4 Å². The van der Waals surface area contributed by atoms with Crippen LogP contribution < -0.4 is 4.74 Å². The molecule has 3 aromatic heterocycles. The van der Waals surface area contributed by atoms with Gasteiger partial charge in [-0.05, 0) is 43.6 Å². The number of carbonyl (C=O) groups excluding carboxylic acids is 1. The van der Waals surface area contributed by atoms with Crippen molar-refractivity contribution in [2.24, 2.45) is 0 Å². The van der Waals surface area contributed by atoms with E-state index in [9.17, 15) is 9.90 Å². The smallest absolute Gasteiger partial charge is 0.354 e. The Hall–Kier alpha value is -2.83. The molecule has 0 aliphatic rings. The van der Waals surface area contributed by atoms with Crippen molar-refractivity contribution < 1.29 is 23.8 Å². The number of ether oxygens (including phenoxy) is 2. The maximum Gasteiger partial charge on any atom is 0.354 e. The summed E-state index contributed by atoms with van der Waals surface area (Å²) in [4.78, 5) is 26.2. The Morgan fingerprint density at radius 3 is 2.62 bits per heavy atom. The second kappa shape index (κ2) is 12.0. The lowest BCUT2D eigenvalue weighted by Gasteiger charge is -2.36. The summed E-state index contributed by atoms with van der Waals surface area (Å²) in [6.45, 7) is 15.2. The molecule has 0 radical (unpaired) electrons. The van der Waals surface area contributed by atoms with Crippen molar-refractivity contribution in [3.05, 3.63) is 63.5 Å². The van der Waals surface area contributed by atoms with Crippen LogP contribution in [0.2, 0.25) is 23.2 Å². The van der Waals surface area contributed by atoms with Gasteiger partial charge in [0.1, 0.15) is 16.8 Å². The Morgan fingerprint density at radius 1 is 1.23 bits per heavy atom. The highest BCUT2D eigenvalue weighted by Gasteiger charge is 2.37. The highest BCUT2D eigenvalue weighted by molar-refractivity contribution is 7.17. The minimum absolute atomic E-state index is 0.114. The van der Waals surface area contributed by atoms with E-state index in [1.807, 2.05) is 25.1 Å². The molecule has 0 aliphatic heterocycles. The molecule has 0 fully saturated rings. The number of rotatable bonds is 10. The first-order chi connectivity index (χ1) is 18.8. The van der Waals surface area contributed by atoms with E-state index in [0.717, 1.165) is 22.5 Å². The molecule has 4 rings (SSSR count). The number of thiazole rings is 1. The molecule has 0 spiro atoms. The number of nitrogens with zero attached hydrogens (tertiary/aromatic N) is 4. The summed E-state index contributed by atoms with van der Waals surface area (Å²) in [5.74, 6) is -0.372. The van der Waals surface area contributed by atoms with Gasteiger partial charge in [0.15, 0.2) is 18.8 Å². The van der Waals surface area contributed by atoms with Crippen LogP contribution in [0.3, 0.4) is 0 Å². The maximum atomic E-state index is 12.8. The van der Waals surface area contributed by atoms with E-state index < -0.39 is 20.4 Å². The van der Waals surface area contributed by atoms with Crippen molar-refractivity contribution >= 4 is 42.9 Å². The van der Waals surface area contributed by atoms with Gasteiger partial charge < -0.3 is 19.0 Å². The molecule has 214 valence electrons. The predicted octanol–water partition coefficient (Wildman–Crippen LogP) is 6.84. The van der Waals surface area contributed by atoms with Gasteiger partial charge >= 0.3 is 5.97 Å². The number of benzene rings is 1. The molecule has 0 saturated carbocycles. The number of aliphatic hydroxyl groups is 1. The summed E-state index contributed by atoms with van der Waals surface area (Å²) in [5, 5.41) is 10.7. The zero-order valence-electron chi connectivity index (χ0n) is 23.8. The SMILES string of the molecule is CCOC(=O)c1sc(-c2cnc3cnc(CO)cn23)nc1O[C@H](C)c1ccc(CO[Si](C)(C)C(C)(C)C)cc1Cl. The van der Waals surface area contributed by atoms with Crippen molar-refractivity contribution in [3.63, 3.8) is 0 Å². The zero-order valence-corrected chi connectivity index (χ0v) is 26.4. The van der Waals surface area contributed by atoms with Gasteiger partial charge in [-0.3, -0.25) is 9.38 Å². The van der Waals surface area contributed by atoms with Crippen LogP contribution in [0, 0.1) is 0 Å². The lowest BCUT2D eigenvalue weighted by molar-refractivity contribution is 0.0525. The average Bonchev–Trinajstić information content (AvgIpc) is 3.50. The minimum atomic E-state index is -1.90. The summed E-state index contributed by atoms with van der Waals surface area (Å²) < 4.78 is 19.6. The van der Waals surface area contributed by atoms with E-state index in [0.29, 0.717) is 33.7 Å². The fourth-order valence-electron chi connectivity index (χ4n) is 3.69. The highest BCUT2D eigenvalue weighted by Crippen LogP contribution is 2.38. The van der Waals surface area contributed by atoms with Crippen LogP contribution in [0.15, 0.2) is 36.8 Å². The van der Waals surface area contributed by atoms with Crippen molar-refractivity contribution in [2.75, 3.05) is 6.61 Å². The molecule has 4 aromatic rings. The van der Waals surface area contributed by atoms with Crippen molar-refractivity contribution in [2.45, 2.75) is 72.1 Å². The fourth-order valence-corrected chi connectivity index (χ4v) is 5.91. The monoisotopic (exact) mass is 602 g/mol. The van der Waals surface area contributed by atoms with Crippen LogP contribution >= 0.6 is 22.9 Å². The molecular weight excluding hydrogens is 568 g/mol. The molecule has 9 nitrogen and oxygen atoms in total. The summed E-state index contributed by atoms with van der Waals surface area (Å²) in [6, 6.07) is 5.80. The van der Waals surface area contributed by atoms with Gasteiger partial charge in [-0.1, -0.05) is 44.5 Å². The first-order valence-electron chi connectivity index (χ1n) is 13.0. The number of aliphatic hydroxyl groups excluding tert-OH is 1. The van der Waals surface area contributed by atoms with E-state index in [1.54, 1.807) is 29.9 Å². The number of aromatic nitrogens is 4. The van der Waals surface area contributed by atoms with Crippen LogP contribution in [0.25, 0.3) is 16.3 Å². The van der Waals surface area contributed by atoms with E-state index >= 15 is 0 Å². The molecule has 1 atom stereocenters. The Balaban J connectivity index is 1.60. The maximum absolute atomic E-state index is 12.8. The lowest BCUT2D eigenvalue weighted by atomic mass is 10.1. The number of halogens is 1. The number of imidazole rings is 1. The van der Waals surface area contributed by atoms with E-state index in [1.165, 1.54) is 0 Å². The summed E-state index contributed by atoms with van der Waals surface area (Å²) in [7, 11) is -1.90. The Kier molecular flexibility index (Phi) is 9.01. The third-order valence-corrected chi connectivity index (χ3v) is 12.9. The molecule has 0 amide bonds. The number of esters is 1. The Bertz CT molecular complexity index is 1510. The normalized spacial score (nSPS) is 13.0. The molecule has 3 heterocycles. The quantitative estimate of drug-likeness (QED) is 0.155. The molecule has 0 saturated heterocycles. The molecule has 0 bridgehead atoms. The van der Waals surface area contributed by atoms with Gasteiger partial charge in [0.25, 0.3) is 0 Å². The van der Waals surface area contributed by atoms with Gasteiger partial charge in [-0.2, -0.15) is 4.98 Å². The first-order valence-corrected chi connectivity index (χ1v) is 17.1. The van der Waals surface area contributed by atoms with E-state index in [2.05, 4.69) is 48.8 Å². The Morgan fingerprint density at radius 2 is 1.98 bits per heavy atom. The molecule has 0 unspecified atom stereocenters. The average molecular weight is 603 g/mol. The van der Waals surface area contributed by atoms with E-state index in [4.69, 9.17) is 25.5 Å². The second-order valence-corrected chi connectivity index (χ2v) is 17.2. The van der Waals surface area contributed by atoms with Gasteiger partial charge in [0.2, 0.25) is 5.88 Å². The molecular formula is C28H35ClN4O5SSi. The van der Waals surface area contributed by atoms with Crippen molar-refractivity contribution in [1.82, 2.24) is 19.4 Å². The number of hydrogen-bond donors (Lipinski definition) is 1. The summed E-state index contributed by atoms with van der Waals surface area (Å²) >= 11 is 7.84. The van der Waals surface area contributed by atoms with Crippen LogP contribution in [0.1, 0.15) is 67.2 Å². The molecule has 1 aromatic carbocycles. The zero-order chi connectivity index (χ0) is 29.2. The number of hydrogen-bond acceptors (Lipinski definition) is 9. The third-order valence-electron chi connectivity index (χ3n) is 7.08. The van der Waals surface area contributed by atoms with Gasteiger partial charge in [-0.15, -0.1) is 11.3 Å². The first kappa shape index (κ1) is 30.1. The standard InChI is InChI=1S/C28H35ClN4O5SSi/c1-8-36-27(35)24-25(32-26(39-24)22-12-31-23-13-30-19(15-34)14-33(22)23)38-17(2)20-10-9-18(11-21(20)29)16-37-40(6,7)28(3,4)5/h9-14,17,34H,8,15-16H2,1-7H3/t17-/m1/s1. The lowest BCUT2D eigenvalue weighted by Crippen LogP contribution is -2.40. The third kappa shape index (κ3) is 6.39. The van der Waals surface area contributed by atoms with Crippen LogP contribution in [0.5, 0.6) is 5.88 Å². The van der Waals surface area contributed by atoms with Gasteiger partial charge in [0, 0.05) is 16.8 Å². The molecule has 40 heavy (non-hydrogen) atoms. The van der Waals surface area contributed by atoms with Crippen LogP contribution in [-0.4, -0.2) is 45.4 Å². The van der Waals surface area contributed by atoms with Gasteiger partial charge in [-0.25, -0.2) is 9.78 Å². The van der Waals surface area contributed by atoms with Crippen molar-refractivity contribution in [3.8, 4) is 16.6 Å². The molecule has 1 N–H and O–H groups in total. The number of fused-ring (bicyclic) bond motifs is 1. The topological polar surface area (TPSA) is 108 Å². The second-order valence-electron chi connectivity index (χ2n) is 10.9. The summed E-state index contributed by atoms with van der Waals surface area (Å²) in [6.07, 6.45) is 4.39. The highest BCUT2D eigenvalue weighted by atomic mass is 35.5. The van der Waals surface area contributed by atoms with Crippen molar-refractivity contribution in [1.29, 1.82) is 0 Å². The Labute approximate surface area is 244 Å². The largest absolute Gasteiger partial charge is 0.468 e.